The number of anilines is 1. The summed E-state index contributed by atoms with van der Waals surface area (Å²) >= 11 is 11.9. The van der Waals surface area contributed by atoms with Gasteiger partial charge in [-0.15, -0.1) is 5.10 Å². The molecule has 2 aromatic carbocycles. The molecule has 2 heterocycles. The fourth-order valence-corrected chi connectivity index (χ4v) is 6.61. The summed E-state index contributed by atoms with van der Waals surface area (Å²) in [5.41, 5.74) is -1.26. The SMILES string of the molecule is CCOc1nc(F)cc2nc(S(=O)(=O)Nc3c(Cl)cccc3Cl)nn12.CS(=O)(=O)c1ccc(C(=O)C2C(=O)CCCC2=O)c([N+](=O)[O-])c1. The molecule has 254 valence electrons. The molecule has 0 saturated heterocycles. The standard InChI is InChI=1S/C14H13NO7S.C13H10Cl2FN5O3S/c1-23(21,22)8-5-6-9(10(7-8)15(19)20)14(18)13-11(16)3-2-4-12(13)17;1-2-24-13-17-9(16)6-10-18-12(19-21(10)13)25(22,23)20-11-7(14)4-3-5-8(11)15/h5-7,13H,2-4H2,1H3;3-6,20H,2H2,1H3. The highest BCUT2D eigenvalue weighted by Gasteiger charge is 2.39. The Bertz CT molecular complexity index is 2160. The quantitative estimate of drug-likeness (QED) is 0.0844. The average Bonchev–Trinajstić information content (AvgIpc) is 3.44. The Balaban J connectivity index is 0.000000218. The van der Waals surface area contributed by atoms with Crippen molar-refractivity contribution in [3.63, 3.8) is 0 Å². The molecule has 1 saturated carbocycles. The van der Waals surface area contributed by atoms with Gasteiger partial charge in [0.1, 0.15) is 5.92 Å². The van der Waals surface area contributed by atoms with E-state index in [4.69, 9.17) is 27.9 Å². The Morgan fingerprint density at radius 1 is 1.08 bits per heavy atom. The smallest absolute Gasteiger partial charge is 0.322 e. The number of carbonyl (C=O) groups is 3. The lowest BCUT2D eigenvalue weighted by atomic mass is 9.81. The van der Waals surface area contributed by atoms with Crippen LogP contribution < -0.4 is 9.46 Å². The normalized spacial score (nSPS) is 13.9. The van der Waals surface area contributed by atoms with Gasteiger partial charge in [-0.2, -0.15) is 27.3 Å². The number of rotatable bonds is 9. The Hall–Kier alpha value is -4.59. The number of carbonyl (C=O) groups excluding carboxylic acids is 3. The molecule has 21 heteroatoms. The number of ketones is 3. The number of ether oxygens (including phenoxy) is 1. The summed E-state index contributed by atoms with van der Waals surface area (Å²) in [4.78, 5) is 53.3. The van der Waals surface area contributed by atoms with Gasteiger partial charge in [-0.05, 0) is 37.6 Å². The highest BCUT2D eigenvalue weighted by atomic mass is 35.5. The van der Waals surface area contributed by atoms with Crippen LogP contribution in [0.2, 0.25) is 10.0 Å². The second-order valence-electron chi connectivity index (χ2n) is 9.95. The van der Waals surface area contributed by atoms with E-state index in [0.717, 1.165) is 35.0 Å². The minimum atomic E-state index is -4.23. The summed E-state index contributed by atoms with van der Waals surface area (Å²) in [6.07, 6.45) is 1.37. The minimum absolute atomic E-state index is 0.0148. The maximum atomic E-state index is 13.5. The summed E-state index contributed by atoms with van der Waals surface area (Å²) in [6.45, 7) is 1.84. The van der Waals surface area contributed by atoms with E-state index in [1.54, 1.807) is 13.0 Å². The first-order valence-electron chi connectivity index (χ1n) is 13.6. The van der Waals surface area contributed by atoms with Crippen LogP contribution in [0.5, 0.6) is 6.01 Å². The predicted molar refractivity (Wildman–Crippen MR) is 167 cm³/mol. The average molecular weight is 746 g/mol. The van der Waals surface area contributed by atoms with Crippen molar-refractivity contribution in [3.05, 3.63) is 74.1 Å². The highest BCUT2D eigenvalue weighted by Crippen LogP contribution is 2.32. The molecule has 0 spiro atoms. The minimum Gasteiger partial charge on any atom is -0.464 e. The van der Waals surface area contributed by atoms with Gasteiger partial charge in [0.15, 0.2) is 32.8 Å². The van der Waals surface area contributed by atoms with Gasteiger partial charge in [0, 0.05) is 31.2 Å². The number of hydrogen-bond acceptors (Lipinski definition) is 13. The number of sulfonamides is 1. The molecule has 1 N–H and O–H groups in total. The number of fused-ring (bicyclic) bond motifs is 1. The molecule has 0 unspecified atom stereocenters. The van der Waals surface area contributed by atoms with Crippen LogP contribution in [0.25, 0.3) is 5.65 Å². The molecule has 0 aliphatic heterocycles. The monoisotopic (exact) mass is 744 g/mol. The van der Waals surface area contributed by atoms with Crippen molar-refractivity contribution in [1.82, 2.24) is 19.6 Å². The topological polar surface area (TPSA) is 227 Å². The summed E-state index contributed by atoms with van der Waals surface area (Å²) in [5, 5.41) is 14.5. The molecule has 1 fully saturated rings. The molecule has 4 aromatic rings. The Morgan fingerprint density at radius 3 is 2.27 bits per heavy atom. The molecule has 2 aromatic heterocycles. The number of aromatic nitrogens is 4. The molecule has 0 bridgehead atoms. The zero-order valence-corrected chi connectivity index (χ0v) is 27.9. The molecule has 16 nitrogen and oxygen atoms in total. The van der Waals surface area contributed by atoms with Crippen LogP contribution in [0.1, 0.15) is 36.5 Å². The molecule has 0 radical (unpaired) electrons. The zero-order valence-electron chi connectivity index (χ0n) is 24.7. The van der Waals surface area contributed by atoms with Gasteiger partial charge >= 0.3 is 6.01 Å². The van der Waals surface area contributed by atoms with Crippen LogP contribution >= 0.6 is 23.2 Å². The number of nitrogens with one attached hydrogen (secondary N) is 1. The third-order valence-electron chi connectivity index (χ3n) is 6.57. The van der Waals surface area contributed by atoms with Crippen LogP contribution in [-0.4, -0.2) is 71.6 Å². The molecular weight excluding hydrogens is 722 g/mol. The van der Waals surface area contributed by atoms with Crippen LogP contribution in [0.4, 0.5) is 15.8 Å². The van der Waals surface area contributed by atoms with Crippen molar-refractivity contribution in [3.8, 4) is 6.01 Å². The van der Waals surface area contributed by atoms with Crippen LogP contribution in [0.3, 0.4) is 0 Å². The number of nitro groups is 1. The van der Waals surface area contributed by atoms with Crippen molar-refractivity contribution in [1.29, 1.82) is 0 Å². The van der Waals surface area contributed by atoms with E-state index in [2.05, 4.69) is 19.8 Å². The number of para-hydroxylation sites is 1. The van der Waals surface area contributed by atoms with Crippen molar-refractivity contribution in [2.75, 3.05) is 17.6 Å². The van der Waals surface area contributed by atoms with E-state index < -0.39 is 70.4 Å². The summed E-state index contributed by atoms with van der Waals surface area (Å²) in [6, 6.07) is 8.00. The van der Waals surface area contributed by atoms with Crippen LogP contribution in [-0.2, 0) is 29.4 Å². The van der Waals surface area contributed by atoms with E-state index >= 15 is 0 Å². The van der Waals surface area contributed by atoms with Crippen molar-refractivity contribution in [2.45, 2.75) is 36.2 Å². The fraction of sp³-hybridized carbons (Fsp3) is 0.259. The van der Waals surface area contributed by atoms with E-state index in [1.807, 2.05) is 0 Å². The number of hydrogen-bond donors (Lipinski definition) is 1. The Kier molecular flexibility index (Phi) is 10.8. The van der Waals surface area contributed by atoms with Gasteiger partial charge < -0.3 is 4.74 Å². The maximum absolute atomic E-state index is 13.5. The van der Waals surface area contributed by atoms with E-state index in [-0.39, 0.29) is 51.7 Å². The predicted octanol–water partition coefficient (Wildman–Crippen LogP) is 3.89. The fourth-order valence-electron chi connectivity index (χ4n) is 4.38. The summed E-state index contributed by atoms with van der Waals surface area (Å²) in [7, 11) is -7.93. The van der Waals surface area contributed by atoms with Gasteiger partial charge in [0.05, 0.1) is 37.7 Å². The molecule has 1 aliphatic carbocycles. The first-order chi connectivity index (χ1) is 22.4. The Morgan fingerprint density at radius 2 is 1.71 bits per heavy atom. The molecule has 0 atom stereocenters. The van der Waals surface area contributed by atoms with E-state index in [0.29, 0.717) is 6.42 Å². The number of nitro benzene ring substituents is 1. The second-order valence-corrected chi connectivity index (χ2v) is 14.4. The van der Waals surface area contributed by atoms with E-state index in [9.17, 15) is 45.7 Å². The largest absolute Gasteiger partial charge is 0.464 e. The maximum Gasteiger partial charge on any atom is 0.322 e. The van der Waals surface area contributed by atoms with Gasteiger partial charge in [0.25, 0.3) is 20.9 Å². The van der Waals surface area contributed by atoms with Gasteiger partial charge in [0.2, 0.25) is 5.95 Å². The van der Waals surface area contributed by atoms with Crippen molar-refractivity contribution in [2.24, 2.45) is 5.92 Å². The van der Waals surface area contributed by atoms with Crippen molar-refractivity contribution < 1.29 is 45.3 Å². The lowest BCUT2D eigenvalue weighted by Crippen LogP contribution is -2.35. The zero-order chi connectivity index (χ0) is 35.6. The van der Waals surface area contributed by atoms with E-state index in [1.165, 1.54) is 12.1 Å². The molecule has 5 rings (SSSR count). The molecule has 0 amide bonds. The third kappa shape index (κ3) is 7.92. The first-order valence-corrected chi connectivity index (χ1v) is 17.7. The van der Waals surface area contributed by atoms with Gasteiger partial charge in [-0.1, -0.05) is 29.3 Å². The van der Waals surface area contributed by atoms with Crippen LogP contribution in [0, 0.1) is 22.0 Å². The lowest BCUT2D eigenvalue weighted by molar-refractivity contribution is -0.385. The number of Topliss-reactive ketones (excluding diaryl/α,β-unsaturated/α-hetero) is 3. The third-order valence-corrected chi connectivity index (χ3v) is 9.44. The lowest BCUT2D eigenvalue weighted by Gasteiger charge is -2.18. The summed E-state index contributed by atoms with van der Waals surface area (Å²) < 4.78 is 69.8. The molecular formula is C27H23Cl2FN6O10S2. The molecule has 1 aliphatic rings. The first kappa shape index (κ1) is 36.2. The highest BCUT2D eigenvalue weighted by molar-refractivity contribution is 7.92. The summed E-state index contributed by atoms with van der Waals surface area (Å²) in [5.74, 6) is -4.49. The Labute approximate surface area is 281 Å². The number of sulfone groups is 1. The number of nitrogens with zero attached hydrogens (tertiary/aromatic N) is 5. The number of benzene rings is 2. The molecule has 48 heavy (non-hydrogen) atoms. The van der Waals surface area contributed by atoms with Crippen molar-refractivity contribution >= 4 is 77.4 Å². The number of halogens is 3. The van der Waals surface area contributed by atoms with Gasteiger partial charge in [-0.3, -0.25) is 29.2 Å². The van der Waals surface area contributed by atoms with Crippen LogP contribution in [0.15, 0.2) is 52.5 Å². The van der Waals surface area contributed by atoms with Gasteiger partial charge in [-0.25, -0.2) is 8.42 Å². The second kappa shape index (κ2) is 14.3.